The average Bonchev–Trinajstić information content (AvgIpc) is 3.53. The number of hydrogen-bond donors (Lipinski definition) is 1. The van der Waals surface area contributed by atoms with Crippen LogP contribution in [0.5, 0.6) is 0 Å². The summed E-state index contributed by atoms with van der Waals surface area (Å²) in [6.07, 6.45) is 3.79. The van der Waals surface area contributed by atoms with Crippen molar-refractivity contribution in [3.63, 3.8) is 0 Å². The summed E-state index contributed by atoms with van der Waals surface area (Å²) in [5.74, 6) is -0.372. The number of esters is 1. The van der Waals surface area contributed by atoms with Gasteiger partial charge in [-0.2, -0.15) is 0 Å². The van der Waals surface area contributed by atoms with Crippen LogP contribution >= 0.6 is 12.2 Å². The predicted octanol–water partition coefficient (Wildman–Crippen LogP) is 4.90. The van der Waals surface area contributed by atoms with Crippen molar-refractivity contribution in [1.82, 2.24) is 14.9 Å². The van der Waals surface area contributed by atoms with Gasteiger partial charge in [0.05, 0.1) is 24.4 Å². The van der Waals surface area contributed by atoms with Crippen LogP contribution in [0.25, 0.3) is 5.69 Å². The summed E-state index contributed by atoms with van der Waals surface area (Å²) < 4.78 is 7.02. The third-order valence-electron chi connectivity index (χ3n) is 6.37. The number of ether oxygens (including phenoxy) is 1. The summed E-state index contributed by atoms with van der Waals surface area (Å²) in [6, 6.07) is 25.4. The Hall–Kier alpha value is -4.17. The maximum Gasteiger partial charge on any atom is 0.337 e. The first-order chi connectivity index (χ1) is 17.5. The van der Waals surface area contributed by atoms with Crippen LogP contribution in [0.4, 0.5) is 11.4 Å². The number of benzene rings is 2. The van der Waals surface area contributed by atoms with Crippen molar-refractivity contribution in [2.75, 3.05) is 31.0 Å². The normalized spacial score (nSPS) is 17.1. The van der Waals surface area contributed by atoms with E-state index >= 15 is 0 Å². The second-order valence-electron chi connectivity index (χ2n) is 8.75. The van der Waals surface area contributed by atoms with Gasteiger partial charge in [-0.25, -0.2) is 4.79 Å². The molecule has 0 spiro atoms. The number of carbonyl (C=O) groups is 1. The standard InChI is InChI=1S/C28H27N5O2S/c1-31(2)20-12-14-21(15-13-20)33-26(25(30-28(33)36)23-10-4-5-16-29-23)24-11-7-17-32(24)22-9-6-8-19(18-22)27(34)35-3/h4-18,25-26H,1-3H3,(H,30,36)/t25-,26+/m1/s1. The number of nitrogens with zero attached hydrogens (tertiary/aromatic N) is 4. The molecule has 36 heavy (non-hydrogen) atoms. The molecule has 0 bridgehead atoms. The lowest BCUT2D eigenvalue weighted by molar-refractivity contribution is 0.0600. The molecule has 1 saturated heterocycles. The van der Waals surface area contributed by atoms with Crippen molar-refractivity contribution < 1.29 is 9.53 Å². The van der Waals surface area contributed by atoms with E-state index in [0.29, 0.717) is 10.7 Å². The molecule has 7 nitrogen and oxygen atoms in total. The van der Waals surface area contributed by atoms with Crippen molar-refractivity contribution in [2.24, 2.45) is 0 Å². The Morgan fingerprint density at radius 1 is 1.00 bits per heavy atom. The van der Waals surface area contributed by atoms with E-state index in [1.165, 1.54) is 7.11 Å². The van der Waals surface area contributed by atoms with Gasteiger partial charge in [0.25, 0.3) is 0 Å². The highest BCUT2D eigenvalue weighted by Crippen LogP contribution is 2.42. The second kappa shape index (κ2) is 9.83. The molecule has 0 radical (unpaired) electrons. The Morgan fingerprint density at radius 3 is 2.50 bits per heavy atom. The Kier molecular flexibility index (Phi) is 6.43. The molecule has 0 aliphatic carbocycles. The second-order valence-corrected chi connectivity index (χ2v) is 9.14. The quantitative estimate of drug-likeness (QED) is 0.300. The summed E-state index contributed by atoms with van der Waals surface area (Å²) in [5.41, 5.74) is 5.35. The molecular formula is C28H27N5O2S. The van der Waals surface area contributed by atoms with Gasteiger partial charge in [0, 0.05) is 49.2 Å². The van der Waals surface area contributed by atoms with Crippen molar-refractivity contribution >= 4 is 34.7 Å². The van der Waals surface area contributed by atoms with Crippen LogP contribution in [0.15, 0.2) is 91.3 Å². The highest BCUT2D eigenvalue weighted by atomic mass is 32.1. The third-order valence-corrected chi connectivity index (χ3v) is 6.69. The first-order valence-corrected chi connectivity index (χ1v) is 12.0. The van der Waals surface area contributed by atoms with Gasteiger partial charge in [-0.15, -0.1) is 0 Å². The summed E-state index contributed by atoms with van der Waals surface area (Å²) in [4.78, 5) is 21.0. The van der Waals surface area contributed by atoms with E-state index in [1.54, 1.807) is 12.3 Å². The number of thiocarbonyl (C=S) groups is 1. The van der Waals surface area contributed by atoms with E-state index in [2.05, 4.69) is 55.0 Å². The number of methoxy groups -OCH3 is 1. The van der Waals surface area contributed by atoms with E-state index in [-0.39, 0.29) is 18.1 Å². The average molecular weight is 498 g/mol. The van der Waals surface area contributed by atoms with Gasteiger partial charge in [0.15, 0.2) is 5.11 Å². The number of anilines is 2. The highest BCUT2D eigenvalue weighted by Gasteiger charge is 2.42. The molecule has 3 heterocycles. The van der Waals surface area contributed by atoms with E-state index in [1.807, 2.05) is 62.8 Å². The van der Waals surface area contributed by atoms with E-state index in [0.717, 1.165) is 28.5 Å². The Labute approximate surface area is 215 Å². The van der Waals surface area contributed by atoms with E-state index in [4.69, 9.17) is 17.0 Å². The number of hydrogen-bond acceptors (Lipinski definition) is 5. The summed E-state index contributed by atoms with van der Waals surface area (Å²) in [7, 11) is 5.43. The number of rotatable bonds is 6. The SMILES string of the molecule is COC(=O)c1cccc(-n2cccc2[C@H]2[C@@H](c3ccccn3)NC(=S)N2c2ccc(N(C)C)cc2)c1. The third kappa shape index (κ3) is 4.31. The first kappa shape index (κ1) is 23.6. The number of aromatic nitrogens is 2. The number of carbonyl (C=O) groups excluding carboxylic acids is 1. The largest absolute Gasteiger partial charge is 0.465 e. The zero-order valence-electron chi connectivity index (χ0n) is 20.3. The van der Waals surface area contributed by atoms with Gasteiger partial charge in [0.1, 0.15) is 6.04 Å². The topological polar surface area (TPSA) is 62.6 Å². The van der Waals surface area contributed by atoms with E-state index in [9.17, 15) is 4.79 Å². The van der Waals surface area contributed by atoms with Crippen molar-refractivity contribution in [1.29, 1.82) is 0 Å². The van der Waals surface area contributed by atoms with Crippen molar-refractivity contribution in [3.8, 4) is 5.69 Å². The smallest absolute Gasteiger partial charge is 0.337 e. The molecule has 1 N–H and O–H groups in total. The fraction of sp³-hybridized carbons (Fsp3) is 0.179. The number of nitrogens with one attached hydrogen (secondary N) is 1. The molecule has 0 unspecified atom stereocenters. The van der Waals surface area contributed by atoms with Crippen LogP contribution in [0.2, 0.25) is 0 Å². The molecule has 4 aromatic rings. The maximum atomic E-state index is 12.2. The fourth-order valence-electron chi connectivity index (χ4n) is 4.62. The molecular weight excluding hydrogens is 470 g/mol. The van der Waals surface area contributed by atoms with Gasteiger partial charge in [-0.1, -0.05) is 12.1 Å². The molecule has 1 aliphatic rings. The monoisotopic (exact) mass is 497 g/mol. The van der Waals surface area contributed by atoms with Crippen LogP contribution in [0, 0.1) is 0 Å². The molecule has 1 fully saturated rings. The van der Waals surface area contributed by atoms with Crippen LogP contribution < -0.4 is 15.1 Å². The van der Waals surface area contributed by atoms with Gasteiger partial charge < -0.3 is 24.4 Å². The molecule has 5 rings (SSSR count). The molecule has 182 valence electrons. The van der Waals surface area contributed by atoms with Crippen LogP contribution in [-0.4, -0.2) is 41.8 Å². The first-order valence-electron chi connectivity index (χ1n) is 11.6. The molecule has 8 heteroatoms. The Bertz CT molecular complexity index is 1380. The molecule has 2 aromatic carbocycles. The van der Waals surface area contributed by atoms with Gasteiger partial charge in [-0.3, -0.25) is 4.98 Å². The maximum absolute atomic E-state index is 12.2. The Morgan fingerprint density at radius 2 is 1.81 bits per heavy atom. The lowest BCUT2D eigenvalue weighted by Gasteiger charge is -2.29. The van der Waals surface area contributed by atoms with Crippen LogP contribution in [0.3, 0.4) is 0 Å². The fourth-order valence-corrected chi connectivity index (χ4v) is 4.96. The lowest BCUT2D eigenvalue weighted by atomic mass is 10.0. The van der Waals surface area contributed by atoms with Gasteiger partial charge >= 0.3 is 5.97 Å². The minimum absolute atomic E-state index is 0.176. The molecule has 2 aromatic heterocycles. The lowest BCUT2D eigenvalue weighted by Crippen LogP contribution is -2.30. The van der Waals surface area contributed by atoms with Crippen molar-refractivity contribution in [2.45, 2.75) is 12.1 Å². The summed E-state index contributed by atoms with van der Waals surface area (Å²) in [5, 5.41) is 4.14. The number of pyridine rings is 1. The predicted molar refractivity (Wildman–Crippen MR) is 146 cm³/mol. The summed E-state index contributed by atoms with van der Waals surface area (Å²) >= 11 is 5.87. The minimum atomic E-state index is -0.372. The minimum Gasteiger partial charge on any atom is -0.465 e. The Balaban J connectivity index is 1.63. The van der Waals surface area contributed by atoms with Crippen LogP contribution in [0.1, 0.15) is 33.8 Å². The van der Waals surface area contributed by atoms with E-state index < -0.39 is 0 Å². The molecule has 1 aliphatic heterocycles. The zero-order valence-corrected chi connectivity index (χ0v) is 21.1. The van der Waals surface area contributed by atoms with Gasteiger partial charge in [-0.05, 0) is 78.9 Å². The summed E-state index contributed by atoms with van der Waals surface area (Å²) in [6.45, 7) is 0. The van der Waals surface area contributed by atoms with Crippen molar-refractivity contribution in [3.05, 3.63) is 108 Å². The zero-order chi connectivity index (χ0) is 25.2. The highest BCUT2D eigenvalue weighted by molar-refractivity contribution is 7.80. The molecule has 2 atom stereocenters. The van der Waals surface area contributed by atoms with Gasteiger partial charge in [0.2, 0.25) is 0 Å². The van der Waals surface area contributed by atoms with Crippen LogP contribution in [-0.2, 0) is 4.74 Å². The molecule has 0 amide bonds. The molecule has 0 saturated carbocycles.